The highest BCUT2D eigenvalue weighted by Crippen LogP contribution is 2.45. The third-order valence-electron chi connectivity index (χ3n) is 13.0. The van der Waals surface area contributed by atoms with Gasteiger partial charge in [0.25, 0.3) is 0 Å². The topological polar surface area (TPSA) is 56.7 Å². The largest absolute Gasteiger partial charge is 0.456 e. The molecular formula is C59H34N4OS. The summed E-state index contributed by atoms with van der Waals surface area (Å²) in [5.74, 6) is 1.78. The predicted octanol–water partition coefficient (Wildman–Crippen LogP) is 16.2. The fourth-order valence-electron chi connectivity index (χ4n) is 10.0. The summed E-state index contributed by atoms with van der Waals surface area (Å²) >= 11 is 1.86. The van der Waals surface area contributed by atoms with E-state index in [2.05, 4.69) is 156 Å². The maximum absolute atomic E-state index is 6.32. The summed E-state index contributed by atoms with van der Waals surface area (Å²) in [5, 5.41) is 12.1. The van der Waals surface area contributed by atoms with Crippen LogP contribution in [0.2, 0.25) is 0 Å². The van der Waals surface area contributed by atoms with Crippen molar-refractivity contribution in [1.29, 1.82) is 0 Å². The molecule has 0 unspecified atom stereocenters. The molecule has 0 aliphatic heterocycles. The molecule has 4 aromatic heterocycles. The number of rotatable bonds is 5. The average molecular weight is 847 g/mol. The van der Waals surface area contributed by atoms with Crippen molar-refractivity contribution < 1.29 is 4.42 Å². The van der Waals surface area contributed by atoms with Gasteiger partial charge in [0.1, 0.15) is 11.2 Å². The second kappa shape index (κ2) is 14.0. The molecular weight excluding hydrogens is 813 g/mol. The van der Waals surface area contributed by atoms with E-state index < -0.39 is 0 Å². The van der Waals surface area contributed by atoms with Gasteiger partial charge in [0.05, 0.1) is 11.0 Å². The van der Waals surface area contributed by atoms with E-state index in [1.807, 2.05) is 65.9 Å². The highest BCUT2D eigenvalue weighted by molar-refractivity contribution is 7.26. The fraction of sp³-hybridized carbons (Fsp3) is 0. The first-order valence-corrected chi connectivity index (χ1v) is 22.7. The molecule has 65 heavy (non-hydrogen) atoms. The Bertz CT molecular complexity index is 4260. The van der Waals surface area contributed by atoms with Crippen molar-refractivity contribution in [1.82, 2.24) is 19.5 Å². The standard InChI is InChI=1S/C59H34N4OS/c1-2-14-37(15-3-1)57-60-58(62-59(61-57)40-25-28-46-45-20-8-9-23-50(45)64-51(46)34-40)39-16-10-17-41(32-39)63-55-43-19-7-5-13-36(43)24-29-48(55)47-22-11-21-44(56(47)63)38-27-30-52-49(33-38)54-42-18-6-4-12-35(42)26-31-53(54)65-52/h1-34H. The highest BCUT2D eigenvalue weighted by atomic mass is 32.1. The number of thiophene rings is 1. The Morgan fingerprint density at radius 1 is 0.354 bits per heavy atom. The van der Waals surface area contributed by atoms with E-state index in [1.54, 1.807) is 0 Å². The van der Waals surface area contributed by atoms with Crippen LogP contribution in [-0.4, -0.2) is 19.5 Å². The summed E-state index contributed by atoms with van der Waals surface area (Å²) in [6.45, 7) is 0. The van der Waals surface area contributed by atoms with E-state index in [9.17, 15) is 0 Å². The lowest BCUT2D eigenvalue weighted by Crippen LogP contribution is -2.01. The lowest BCUT2D eigenvalue weighted by molar-refractivity contribution is 0.669. The molecule has 0 aliphatic rings. The number of para-hydroxylation sites is 2. The Morgan fingerprint density at radius 2 is 0.954 bits per heavy atom. The minimum absolute atomic E-state index is 0.580. The molecule has 10 aromatic carbocycles. The van der Waals surface area contributed by atoms with E-state index in [0.29, 0.717) is 17.5 Å². The van der Waals surface area contributed by atoms with E-state index in [-0.39, 0.29) is 0 Å². The molecule has 0 spiro atoms. The first-order valence-electron chi connectivity index (χ1n) is 21.8. The summed E-state index contributed by atoms with van der Waals surface area (Å²) in [6, 6.07) is 73.4. The van der Waals surface area contributed by atoms with Gasteiger partial charge in [-0.1, -0.05) is 158 Å². The molecule has 302 valence electrons. The van der Waals surface area contributed by atoms with Crippen LogP contribution in [0.1, 0.15) is 0 Å². The molecule has 14 aromatic rings. The van der Waals surface area contributed by atoms with Crippen LogP contribution in [0, 0.1) is 0 Å². The second-order valence-corrected chi connectivity index (χ2v) is 17.8. The Balaban J connectivity index is 1.00. The number of hydrogen-bond donors (Lipinski definition) is 0. The zero-order valence-corrected chi connectivity index (χ0v) is 35.6. The summed E-state index contributed by atoms with van der Waals surface area (Å²) < 4.78 is 11.4. The van der Waals surface area contributed by atoms with E-state index in [1.165, 1.54) is 63.6 Å². The quantitative estimate of drug-likeness (QED) is 0.173. The molecule has 0 N–H and O–H groups in total. The molecule has 0 fully saturated rings. The van der Waals surface area contributed by atoms with Gasteiger partial charge < -0.3 is 8.98 Å². The molecule has 14 rings (SSSR count). The molecule has 5 nitrogen and oxygen atoms in total. The predicted molar refractivity (Wildman–Crippen MR) is 271 cm³/mol. The number of furan rings is 1. The van der Waals surface area contributed by atoms with Crippen LogP contribution in [0.4, 0.5) is 0 Å². The molecule has 0 atom stereocenters. The Kier molecular flexibility index (Phi) is 7.79. The number of aromatic nitrogens is 4. The van der Waals surface area contributed by atoms with Crippen LogP contribution in [0.5, 0.6) is 0 Å². The number of benzene rings is 10. The van der Waals surface area contributed by atoms with Crippen molar-refractivity contribution in [3.05, 3.63) is 206 Å². The normalized spacial score (nSPS) is 12.0. The number of nitrogens with zero attached hydrogens (tertiary/aromatic N) is 4. The molecule has 0 bridgehead atoms. The van der Waals surface area contributed by atoms with Crippen molar-refractivity contribution in [3.8, 4) is 51.0 Å². The third kappa shape index (κ3) is 5.61. The van der Waals surface area contributed by atoms with Gasteiger partial charge in [-0.25, -0.2) is 15.0 Å². The lowest BCUT2D eigenvalue weighted by Gasteiger charge is -2.14. The molecule has 0 saturated heterocycles. The zero-order chi connectivity index (χ0) is 42.6. The molecule has 0 amide bonds. The first-order chi connectivity index (χ1) is 32.2. The number of fused-ring (bicyclic) bond motifs is 13. The number of hydrogen-bond acceptors (Lipinski definition) is 5. The van der Waals surface area contributed by atoms with Crippen molar-refractivity contribution in [2.24, 2.45) is 0 Å². The minimum Gasteiger partial charge on any atom is -0.456 e. The molecule has 0 saturated carbocycles. The maximum Gasteiger partial charge on any atom is 0.164 e. The maximum atomic E-state index is 6.32. The molecule has 6 heteroatoms. The molecule has 0 aliphatic carbocycles. The summed E-state index contributed by atoms with van der Waals surface area (Å²) in [7, 11) is 0. The smallest absolute Gasteiger partial charge is 0.164 e. The van der Waals surface area contributed by atoms with E-state index in [4.69, 9.17) is 19.4 Å². The van der Waals surface area contributed by atoms with Crippen LogP contribution in [0.15, 0.2) is 211 Å². The van der Waals surface area contributed by atoms with Crippen molar-refractivity contribution in [2.75, 3.05) is 0 Å². The van der Waals surface area contributed by atoms with Crippen LogP contribution in [0.3, 0.4) is 0 Å². The fourth-order valence-corrected chi connectivity index (χ4v) is 11.1. The summed E-state index contributed by atoms with van der Waals surface area (Å²) in [5.41, 5.74) is 9.99. The van der Waals surface area contributed by atoms with E-state index >= 15 is 0 Å². The Hall–Kier alpha value is -8.45. The van der Waals surface area contributed by atoms with Gasteiger partial charge in [0, 0.05) is 75.0 Å². The zero-order valence-electron chi connectivity index (χ0n) is 34.7. The van der Waals surface area contributed by atoms with Crippen LogP contribution < -0.4 is 0 Å². The van der Waals surface area contributed by atoms with Crippen molar-refractivity contribution >= 4 is 96.8 Å². The van der Waals surface area contributed by atoms with Gasteiger partial charge in [0.15, 0.2) is 17.5 Å². The van der Waals surface area contributed by atoms with Crippen molar-refractivity contribution in [2.45, 2.75) is 0 Å². The van der Waals surface area contributed by atoms with Gasteiger partial charge in [-0.3, -0.25) is 0 Å². The average Bonchev–Trinajstić information content (AvgIpc) is 4.06. The lowest BCUT2D eigenvalue weighted by atomic mass is 9.98. The summed E-state index contributed by atoms with van der Waals surface area (Å²) in [6.07, 6.45) is 0. The SMILES string of the molecule is c1ccc(-c2nc(-c3cccc(-n4c5c(-c6ccc7sc8ccc9ccccc9c8c7c6)cccc5c5ccc6ccccc6c54)c3)nc(-c3ccc4c(c3)oc3ccccc34)n2)cc1. The van der Waals surface area contributed by atoms with Crippen LogP contribution in [-0.2, 0) is 0 Å². The Morgan fingerprint density at radius 3 is 1.82 bits per heavy atom. The van der Waals surface area contributed by atoms with E-state index in [0.717, 1.165) is 55.3 Å². The first kappa shape index (κ1) is 36.1. The van der Waals surface area contributed by atoms with Crippen molar-refractivity contribution in [3.63, 3.8) is 0 Å². The van der Waals surface area contributed by atoms with Gasteiger partial charge in [-0.15, -0.1) is 11.3 Å². The van der Waals surface area contributed by atoms with Gasteiger partial charge >= 0.3 is 0 Å². The van der Waals surface area contributed by atoms with Gasteiger partial charge in [-0.05, 0) is 70.3 Å². The molecule has 4 heterocycles. The second-order valence-electron chi connectivity index (χ2n) is 16.7. The van der Waals surface area contributed by atoms with Crippen LogP contribution in [0.25, 0.3) is 136 Å². The van der Waals surface area contributed by atoms with Crippen LogP contribution >= 0.6 is 11.3 Å². The van der Waals surface area contributed by atoms with Gasteiger partial charge in [0.2, 0.25) is 0 Å². The molecule has 0 radical (unpaired) electrons. The monoisotopic (exact) mass is 846 g/mol. The third-order valence-corrected chi connectivity index (χ3v) is 14.1. The van der Waals surface area contributed by atoms with Gasteiger partial charge in [-0.2, -0.15) is 0 Å². The minimum atomic E-state index is 0.580. The summed E-state index contributed by atoms with van der Waals surface area (Å²) in [4.78, 5) is 15.5. The Labute approximate surface area is 376 Å². The highest BCUT2D eigenvalue weighted by Gasteiger charge is 2.21.